The van der Waals surface area contributed by atoms with Gasteiger partial charge >= 0.3 is 0 Å². The molecule has 220 valence electrons. The summed E-state index contributed by atoms with van der Waals surface area (Å²) in [5.74, 6) is 0. The van der Waals surface area contributed by atoms with E-state index in [1.807, 2.05) is 12.1 Å². The molecular formula is C46H30O. The van der Waals surface area contributed by atoms with Gasteiger partial charge in [-0.1, -0.05) is 140 Å². The summed E-state index contributed by atoms with van der Waals surface area (Å²) in [6.07, 6.45) is 6.34. The molecule has 0 amide bonds. The van der Waals surface area contributed by atoms with Crippen molar-refractivity contribution in [3.63, 3.8) is 0 Å². The van der Waals surface area contributed by atoms with Gasteiger partial charge < -0.3 is 4.42 Å². The summed E-state index contributed by atoms with van der Waals surface area (Å²) >= 11 is 0. The second-order valence-electron chi connectivity index (χ2n) is 12.2. The average molecular weight is 599 g/mol. The largest absolute Gasteiger partial charge is 0.456 e. The van der Waals surface area contributed by atoms with Crippen LogP contribution in [0, 0.1) is 0 Å². The molecule has 0 aliphatic carbocycles. The second-order valence-corrected chi connectivity index (χ2v) is 12.2. The monoisotopic (exact) mass is 598 g/mol. The van der Waals surface area contributed by atoms with Crippen LogP contribution in [0.25, 0.3) is 94.7 Å². The Morgan fingerprint density at radius 2 is 0.872 bits per heavy atom. The van der Waals surface area contributed by atoms with Gasteiger partial charge in [-0.2, -0.15) is 0 Å². The second kappa shape index (κ2) is 11.0. The van der Waals surface area contributed by atoms with Crippen molar-refractivity contribution in [2.45, 2.75) is 0 Å². The van der Waals surface area contributed by atoms with Crippen LogP contribution in [0.4, 0.5) is 0 Å². The molecule has 1 aromatic heterocycles. The molecule has 9 aromatic rings. The van der Waals surface area contributed by atoms with E-state index in [0.717, 1.165) is 55.3 Å². The predicted molar refractivity (Wildman–Crippen MR) is 203 cm³/mol. The van der Waals surface area contributed by atoms with Crippen LogP contribution in [0.3, 0.4) is 0 Å². The summed E-state index contributed by atoms with van der Waals surface area (Å²) in [7, 11) is 0. The van der Waals surface area contributed by atoms with Crippen molar-refractivity contribution in [1.29, 1.82) is 0 Å². The molecule has 0 fully saturated rings. The van der Waals surface area contributed by atoms with Gasteiger partial charge in [-0.25, -0.2) is 0 Å². The number of benzene rings is 8. The lowest BCUT2D eigenvalue weighted by Gasteiger charge is -2.11. The van der Waals surface area contributed by atoms with E-state index >= 15 is 0 Å². The van der Waals surface area contributed by atoms with Gasteiger partial charge in [0.15, 0.2) is 0 Å². The first-order valence-corrected chi connectivity index (χ1v) is 16.0. The molecule has 0 atom stereocenters. The Kier molecular flexibility index (Phi) is 6.36. The number of hydrogen-bond donors (Lipinski definition) is 0. The van der Waals surface area contributed by atoms with Gasteiger partial charge in [0.05, 0.1) is 0 Å². The summed E-state index contributed by atoms with van der Waals surface area (Å²) in [6, 6.07) is 54.2. The van der Waals surface area contributed by atoms with E-state index < -0.39 is 0 Å². The lowest BCUT2D eigenvalue weighted by molar-refractivity contribution is 0.669. The van der Waals surface area contributed by atoms with Crippen LogP contribution >= 0.6 is 0 Å². The molecule has 1 heterocycles. The molecule has 0 aliphatic heterocycles. The highest BCUT2D eigenvalue weighted by Crippen LogP contribution is 2.37. The molecule has 0 spiro atoms. The predicted octanol–water partition coefficient (Wildman–Crippen LogP) is 13.2. The molecule has 9 rings (SSSR count). The van der Waals surface area contributed by atoms with Crippen LogP contribution in [0.2, 0.25) is 0 Å². The first-order chi connectivity index (χ1) is 23.2. The molecule has 0 bridgehead atoms. The molecule has 0 saturated carbocycles. The van der Waals surface area contributed by atoms with E-state index in [4.69, 9.17) is 4.42 Å². The molecule has 0 saturated heterocycles. The molecule has 0 aliphatic rings. The van der Waals surface area contributed by atoms with Crippen LogP contribution in [-0.2, 0) is 0 Å². The lowest BCUT2D eigenvalue weighted by Crippen LogP contribution is -1.85. The summed E-state index contributed by atoms with van der Waals surface area (Å²) in [6.45, 7) is 4.10. The van der Waals surface area contributed by atoms with Crippen molar-refractivity contribution in [2.24, 2.45) is 0 Å². The molecule has 8 aromatic carbocycles. The zero-order valence-corrected chi connectivity index (χ0v) is 25.8. The highest BCUT2D eigenvalue weighted by Gasteiger charge is 2.12. The number of furan rings is 1. The van der Waals surface area contributed by atoms with Crippen molar-refractivity contribution in [3.8, 4) is 22.3 Å². The van der Waals surface area contributed by atoms with E-state index in [1.54, 1.807) is 0 Å². The van der Waals surface area contributed by atoms with Crippen LogP contribution in [0.5, 0.6) is 0 Å². The Balaban J connectivity index is 1.09. The molecule has 0 unspecified atom stereocenters. The smallest absolute Gasteiger partial charge is 0.136 e. The van der Waals surface area contributed by atoms with E-state index in [0.29, 0.717) is 0 Å². The van der Waals surface area contributed by atoms with Crippen molar-refractivity contribution >= 4 is 72.5 Å². The Morgan fingerprint density at radius 1 is 0.362 bits per heavy atom. The Morgan fingerprint density at radius 3 is 1.51 bits per heavy atom. The standard InChI is InChI=1S/C46H30O/c1-2-31-19-20-34(36-22-25-43-42-24-21-35(32-10-4-3-5-11-32)28-45(42)47-46(43)29-36)27-33(31)18-16-30-17-23-41-39-14-7-6-12-37(39)38-13-8-9-15-40(38)44(41)26-30/h2-29H,1H2. The zero-order valence-electron chi connectivity index (χ0n) is 25.8. The molecule has 1 nitrogen and oxygen atoms in total. The van der Waals surface area contributed by atoms with Gasteiger partial charge in [0.1, 0.15) is 11.2 Å². The SMILES string of the molecule is C=Cc1ccc(-c2ccc3c(c2)oc2cc(-c4ccccc4)ccc23)cc1C=Cc1ccc2c3ccccc3c3ccccc3c2c1. The van der Waals surface area contributed by atoms with Gasteiger partial charge in [-0.05, 0) is 108 Å². The number of rotatable bonds is 5. The van der Waals surface area contributed by atoms with E-state index in [2.05, 4.69) is 164 Å². The number of fused-ring (bicyclic) bond motifs is 9. The van der Waals surface area contributed by atoms with Gasteiger partial charge in [0.2, 0.25) is 0 Å². The minimum atomic E-state index is 0.892. The maximum absolute atomic E-state index is 6.42. The third-order valence-electron chi connectivity index (χ3n) is 9.44. The summed E-state index contributed by atoms with van der Waals surface area (Å²) in [4.78, 5) is 0. The third-order valence-corrected chi connectivity index (χ3v) is 9.44. The maximum Gasteiger partial charge on any atom is 0.136 e. The Hall–Kier alpha value is -6.18. The third kappa shape index (κ3) is 4.64. The lowest BCUT2D eigenvalue weighted by atomic mass is 9.93. The topological polar surface area (TPSA) is 13.1 Å². The molecule has 0 radical (unpaired) electrons. The quantitative estimate of drug-likeness (QED) is 0.142. The molecule has 0 N–H and O–H groups in total. The first kappa shape index (κ1) is 27.2. The first-order valence-electron chi connectivity index (χ1n) is 16.0. The minimum absolute atomic E-state index is 0.892. The van der Waals surface area contributed by atoms with Crippen molar-refractivity contribution in [2.75, 3.05) is 0 Å². The Bertz CT molecular complexity index is 2650. The van der Waals surface area contributed by atoms with Crippen LogP contribution in [0.1, 0.15) is 16.7 Å². The highest BCUT2D eigenvalue weighted by molar-refractivity contribution is 6.25. The van der Waals surface area contributed by atoms with Crippen LogP contribution < -0.4 is 0 Å². The van der Waals surface area contributed by atoms with Crippen LogP contribution in [0.15, 0.2) is 163 Å². The maximum atomic E-state index is 6.42. The van der Waals surface area contributed by atoms with Crippen LogP contribution in [-0.4, -0.2) is 0 Å². The van der Waals surface area contributed by atoms with Gasteiger partial charge in [-0.3, -0.25) is 0 Å². The molecular weight excluding hydrogens is 569 g/mol. The minimum Gasteiger partial charge on any atom is -0.456 e. The fourth-order valence-corrected chi connectivity index (χ4v) is 7.07. The Labute approximate surface area is 273 Å². The fourth-order valence-electron chi connectivity index (χ4n) is 7.07. The van der Waals surface area contributed by atoms with Crippen molar-refractivity contribution in [3.05, 3.63) is 175 Å². The normalized spacial score (nSPS) is 11.8. The van der Waals surface area contributed by atoms with Crippen molar-refractivity contribution in [1.82, 2.24) is 0 Å². The summed E-state index contributed by atoms with van der Waals surface area (Å²) < 4.78 is 6.42. The average Bonchev–Trinajstić information content (AvgIpc) is 3.51. The highest BCUT2D eigenvalue weighted by atomic mass is 16.3. The summed E-state index contributed by atoms with van der Waals surface area (Å²) in [5, 5.41) is 9.96. The van der Waals surface area contributed by atoms with Crippen molar-refractivity contribution < 1.29 is 4.42 Å². The van der Waals surface area contributed by atoms with E-state index in [-0.39, 0.29) is 0 Å². The van der Waals surface area contributed by atoms with Gasteiger partial charge in [0.25, 0.3) is 0 Å². The summed E-state index contributed by atoms with van der Waals surface area (Å²) in [5.41, 5.74) is 9.78. The molecule has 47 heavy (non-hydrogen) atoms. The van der Waals surface area contributed by atoms with Gasteiger partial charge in [0, 0.05) is 10.8 Å². The zero-order chi connectivity index (χ0) is 31.3. The van der Waals surface area contributed by atoms with E-state index in [1.165, 1.54) is 37.9 Å². The molecule has 1 heteroatoms. The van der Waals surface area contributed by atoms with Gasteiger partial charge in [-0.15, -0.1) is 0 Å². The fraction of sp³-hybridized carbons (Fsp3) is 0. The number of hydrogen-bond acceptors (Lipinski definition) is 1. The van der Waals surface area contributed by atoms with E-state index in [9.17, 15) is 0 Å².